The van der Waals surface area contributed by atoms with Crippen molar-refractivity contribution in [3.63, 3.8) is 0 Å². The standard InChI is InChI=1S/C15H10F2N2O6/c1-18-12-8(16)5-6-4-7(14(22)24-13(6)11(12)17)15(23)25-19-9(20)2-3-10(19)21/h4-5,18H,2-3H2,1H3. The molecule has 1 saturated heterocycles. The number of hydrogen-bond donors (Lipinski definition) is 1. The van der Waals surface area contributed by atoms with Crippen LogP contribution in [0.2, 0.25) is 0 Å². The Morgan fingerprint density at radius 2 is 1.84 bits per heavy atom. The molecule has 1 aromatic heterocycles. The largest absolute Gasteiger partial charge is 0.419 e. The number of carbonyl (C=O) groups excluding carboxylic acids is 3. The molecular formula is C15H10F2N2O6. The zero-order valence-corrected chi connectivity index (χ0v) is 12.7. The molecule has 1 N–H and O–H groups in total. The Balaban J connectivity index is 2.04. The van der Waals surface area contributed by atoms with E-state index in [1.54, 1.807) is 0 Å². The van der Waals surface area contributed by atoms with Gasteiger partial charge in [-0.25, -0.2) is 18.4 Å². The smallest absolute Gasteiger partial charge is 0.371 e. The van der Waals surface area contributed by atoms with Gasteiger partial charge in [-0.2, -0.15) is 0 Å². The molecule has 2 aromatic rings. The number of fused-ring (bicyclic) bond motifs is 1. The molecule has 25 heavy (non-hydrogen) atoms. The first kappa shape index (κ1) is 16.6. The van der Waals surface area contributed by atoms with Crippen LogP contribution in [-0.4, -0.2) is 29.9 Å². The highest BCUT2D eigenvalue weighted by atomic mass is 19.1. The second-order valence-corrected chi connectivity index (χ2v) is 5.12. The highest BCUT2D eigenvalue weighted by Gasteiger charge is 2.34. The number of amides is 2. The van der Waals surface area contributed by atoms with Crippen molar-refractivity contribution in [1.82, 2.24) is 5.06 Å². The van der Waals surface area contributed by atoms with Crippen LogP contribution >= 0.6 is 0 Å². The van der Waals surface area contributed by atoms with Gasteiger partial charge in [0.2, 0.25) is 0 Å². The third-order valence-electron chi connectivity index (χ3n) is 3.57. The Labute approximate surface area is 137 Å². The molecule has 10 heteroatoms. The number of benzene rings is 1. The first-order chi connectivity index (χ1) is 11.8. The molecule has 1 aromatic carbocycles. The average Bonchev–Trinajstić information content (AvgIpc) is 2.87. The van der Waals surface area contributed by atoms with Crippen molar-refractivity contribution in [2.45, 2.75) is 12.8 Å². The van der Waals surface area contributed by atoms with Crippen LogP contribution in [0.4, 0.5) is 14.5 Å². The summed E-state index contributed by atoms with van der Waals surface area (Å²) >= 11 is 0. The zero-order chi connectivity index (χ0) is 18.3. The van der Waals surface area contributed by atoms with Gasteiger partial charge in [-0.05, 0) is 12.1 Å². The molecule has 2 heterocycles. The van der Waals surface area contributed by atoms with Gasteiger partial charge in [0.05, 0.1) is 0 Å². The van der Waals surface area contributed by atoms with Crippen molar-refractivity contribution in [1.29, 1.82) is 0 Å². The first-order valence-electron chi connectivity index (χ1n) is 7.05. The van der Waals surface area contributed by atoms with Crippen molar-refractivity contribution in [2.24, 2.45) is 0 Å². The van der Waals surface area contributed by atoms with Crippen molar-refractivity contribution in [3.8, 4) is 0 Å². The molecule has 130 valence electrons. The van der Waals surface area contributed by atoms with Gasteiger partial charge in [0.25, 0.3) is 11.8 Å². The molecule has 0 radical (unpaired) electrons. The molecule has 0 spiro atoms. The van der Waals surface area contributed by atoms with E-state index < -0.39 is 51.9 Å². The Kier molecular flexibility index (Phi) is 3.95. The van der Waals surface area contributed by atoms with Gasteiger partial charge in [-0.15, -0.1) is 5.06 Å². The number of rotatable bonds is 3. The Morgan fingerprint density at radius 1 is 1.20 bits per heavy atom. The molecule has 3 rings (SSSR count). The summed E-state index contributed by atoms with van der Waals surface area (Å²) in [5.74, 6) is -4.93. The number of nitrogens with one attached hydrogen (secondary N) is 1. The summed E-state index contributed by atoms with van der Waals surface area (Å²) in [6.07, 6.45) is -0.247. The van der Waals surface area contributed by atoms with Crippen LogP contribution in [0.1, 0.15) is 23.2 Å². The normalized spacial score (nSPS) is 14.3. The number of anilines is 1. The van der Waals surface area contributed by atoms with Gasteiger partial charge in [0, 0.05) is 25.3 Å². The summed E-state index contributed by atoms with van der Waals surface area (Å²) < 4.78 is 32.7. The van der Waals surface area contributed by atoms with E-state index in [-0.39, 0.29) is 23.3 Å². The number of imide groups is 1. The quantitative estimate of drug-likeness (QED) is 0.656. The molecule has 1 aliphatic heterocycles. The van der Waals surface area contributed by atoms with Crippen LogP contribution in [-0.2, 0) is 14.4 Å². The lowest BCUT2D eigenvalue weighted by Gasteiger charge is -2.12. The molecule has 2 amide bonds. The monoisotopic (exact) mass is 352 g/mol. The van der Waals surface area contributed by atoms with E-state index in [0.29, 0.717) is 0 Å². The maximum Gasteiger partial charge on any atom is 0.371 e. The third kappa shape index (κ3) is 2.71. The van der Waals surface area contributed by atoms with Gasteiger partial charge >= 0.3 is 11.6 Å². The number of hydrogen-bond acceptors (Lipinski definition) is 7. The summed E-state index contributed by atoms with van der Waals surface area (Å²) in [4.78, 5) is 51.4. The van der Waals surface area contributed by atoms with Gasteiger partial charge in [-0.1, -0.05) is 0 Å². The SMILES string of the molecule is CNc1c(F)cc2cc(C(=O)ON3C(=O)CCC3=O)c(=O)oc2c1F. The number of hydroxylamine groups is 2. The maximum absolute atomic E-state index is 14.1. The molecule has 0 saturated carbocycles. The van der Waals surface area contributed by atoms with Gasteiger partial charge in [0.1, 0.15) is 17.1 Å². The van der Waals surface area contributed by atoms with E-state index in [0.717, 1.165) is 12.1 Å². The molecule has 8 nitrogen and oxygen atoms in total. The Hall–Kier alpha value is -3.30. The maximum atomic E-state index is 14.1. The van der Waals surface area contributed by atoms with Crippen LogP contribution in [0.25, 0.3) is 11.0 Å². The Bertz CT molecular complexity index is 968. The number of carbonyl (C=O) groups is 3. The lowest BCUT2D eigenvalue weighted by atomic mass is 10.1. The molecule has 0 aliphatic carbocycles. The minimum absolute atomic E-state index is 0.123. The third-order valence-corrected chi connectivity index (χ3v) is 3.57. The fourth-order valence-corrected chi connectivity index (χ4v) is 2.35. The molecule has 0 unspecified atom stereocenters. The summed E-state index contributed by atoms with van der Waals surface area (Å²) in [5.41, 5.74) is -3.03. The summed E-state index contributed by atoms with van der Waals surface area (Å²) in [5, 5.41) is 2.32. The van der Waals surface area contributed by atoms with E-state index in [1.807, 2.05) is 0 Å². The predicted octanol–water partition coefficient (Wildman–Crippen LogP) is 1.33. The predicted molar refractivity (Wildman–Crippen MR) is 78.4 cm³/mol. The van der Waals surface area contributed by atoms with E-state index in [4.69, 9.17) is 4.42 Å². The van der Waals surface area contributed by atoms with Crippen LogP contribution in [0.3, 0.4) is 0 Å². The average molecular weight is 352 g/mol. The lowest BCUT2D eigenvalue weighted by Crippen LogP contribution is -2.33. The fourth-order valence-electron chi connectivity index (χ4n) is 2.35. The van der Waals surface area contributed by atoms with Crippen LogP contribution in [0, 0.1) is 11.6 Å². The summed E-state index contributed by atoms with van der Waals surface area (Å²) in [7, 11) is 1.28. The molecule has 1 aliphatic rings. The molecule has 1 fully saturated rings. The second kappa shape index (κ2) is 5.96. The summed E-state index contributed by atoms with van der Waals surface area (Å²) in [6.45, 7) is 0. The zero-order valence-electron chi connectivity index (χ0n) is 12.7. The fraction of sp³-hybridized carbons (Fsp3) is 0.200. The van der Waals surface area contributed by atoms with E-state index in [9.17, 15) is 28.0 Å². The minimum atomic E-state index is -1.35. The van der Waals surface area contributed by atoms with E-state index >= 15 is 0 Å². The van der Waals surface area contributed by atoms with Crippen molar-refractivity contribution >= 4 is 34.4 Å². The van der Waals surface area contributed by atoms with Gasteiger partial charge in [0.15, 0.2) is 11.4 Å². The van der Waals surface area contributed by atoms with Gasteiger partial charge in [-0.3, -0.25) is 9.59 Å². The minimum Gasteiger partial charge on any atom is -0.419 e. The first-order valence-corrected chi connectivity index (χ1v) is 7.05. The number of nitrogens with zero attached hydrogens (tertiary/aromatic N) is 1. The van der Waals surface area contributed by atoms with Gasteiger partial charge < -0.3 is 14.6 Å². The van der Waals surface area contributed by atoms with Crippen molar-refractivity contribution in [2.75, 3.05) is 12.4 Å². The second-order valence-electron chi connectivity index (χ2n) is 5.12. The van der Waals surface area contributed by atoms with Crippen molar-refractivity contribution < 1.29 is 32.4 Å². The van der Waals surface area contributed by atoms with E-state index in [1.165, 1.54) is 7.05 Å². The van der Waals surface area contributed by atoms with E-state index in [2.05, 4.69) is 10.2 Å². The Morgan fingerprint density at radius 3 is 2.44 bits per heavy atom. The lowest BCUT2D eigenvalue weighted by molar-refractivity contribution is -0.172. The van der Waals surface area contributed by atoms with Crippen LogP contribution in [0.15, 0.2) is 21.3 Å². The van der Waals surface area contributed by atoms with Crippen LogP contribution in [0.5, 0.6) is 0 Å². The van der Waals surface area contributed by atoms with Crippen molar-refractivity contribution in [3.05, 3.63) is 39.8 Å². The number of halogens is 2. The topological polar surface area (TPSA) is 106 Å². The molecular weight excluding hydrogens is 342 g/mol. The highest BCUT2D eigenvalue weighted by Crippen LogP contribution is 2.27. The molecule has 0 bridgehead atoms. The summed E-state index contributed by atoms with van der Waals surface area (Å²) in [6, 6.07) is 1.72. The highest BCUT2D eigenvalue weighted by molar-refractivity contribution is 6.03. The van der Waals surface area contributed by atoms with Crippen LogP contribution < -0.4 is 10.9 Å². The molecule has 0 atom stereocenters.